The van der Waals surface area contributed by atoms with E-state index in [9.17, 15) is 18.0 Å². The van der Waals surface area contributed by atoms with Crippen molar-refractivity contribution < 1.29 is 32.2 Å². The molecule has 0 aromatic heterocycles. The summed E-state index contributed by atoms with van der Waals surface area (Å²) in [5.74, 6) is -0.180. The van der Waals surface area contributed by atoms with Gasteiger partial charge in [0.15, 0.2) is 11.5 Å². The highest BCUT2D eigenvalue weighted by atomic mass is 32.2. The third kappa shape index (κ3) is 5.60. The van der Waals surface area contributed by atoms with Gasteiger partial charge in [0.2, 0.25) is 15.9 Å². The monoisotopic (exact) mass is 428 g/mol. The Morgan fingerprint density at radius 2 is 1.69 bits per heavy atom. The zero-order chi connectivity index (χ0) is 21.5. The van der Waals surface area contributed by atoms with Gasteiger partial charge < -0.3 is 19.5 Å². The van der Waals surface area contributed by atoms with Crippen LogP contribution in [0, 0.1) is 0 Å². The van der Waals surface area contributed by atoms with Crippen molar-refractivity contribution in [2.75, 3.05) is 27.9 Å². The minimum absolute atomic E-state index is 0.00568. The van der Waals surface area contributed by atoms with Crippen LogP contribution in [0.3, 0.4) is 0 Å². The largest absolute Gasteiger partial charge is 0.493 e. The summed E-state index contributed by atoms with van der Waals surface area (Å²) < 4.78 is 42.4. The smallest absolute Gasteiger partial charge is 0.331 e. The van der Waals surface area contributed by atoms with Crippen LogP contribution in [0.5, 0.6) is 11.5 Å². The summed E-state index contributed by atoms with van der Waals surface area (Å²) in [6.45, 7) is -0.111. The molecule has 29 heavy (non-hydrogen) atoms. The lowest BCUT2D eigenvalue weighted by Gasteiger charge is -2.35. The van der Waals surface area contributed by atoms with E-state index in [-0.39, 0.29) is 23.6 Å². The molecule has 9 nitrogen and oxygen atoms in total. The molecule has 0 atom stereocenters. The predicted molar refractivity (Wildman–Crippen MR) is 105 cm³/mol. The highest BCUT2D eigenvalue weighted by molar-refractivity contribution is 7.89. The molecule has 1 aliphatic carbocycles. The lowest BCUT2D eigenvalue weighted by molar-refractivity contribution is -0.152. The summed E-state index contributed by atoms with van der Waals surface area (Å²) in [7, 11) is 0.320. The summed E-state index contributed by atoms with van der Waals surface area (Å²) >= 11 is 0. The minimum atomic E-state index is -3.84. The average Bonchev–Trinajstić information content (AvgIpc) is 2.72. The van der Waals surface area contributed by atoms with E-state index in [0.29, 0.717) is 18.6 Å². The summed E-state index contributed by atoms with van der Waals surface area (Å²) in [5, 5.41) is 2.76. The van der Waals surface area contributed by atoms with Crippen molar-refractivity contribution in [1.29, 1.82) is 0 Å². The minimum Gasteiger partial charge on any atom is -0.493 e. The number of rotatable bonds is 9. The summed E-state index contributed by atoms with van der Waals surface area (Å²) in [6, 6.07) is 4.22. The molecule has 2 N–H and O–H groups in total. The van der Waals surface area contributed by atoms with Crippen LogP contribution in [0.2, 0.25) is 0 Å². The number of benzene rings is 1. The second-order valence-corrected chi connectivity index (χ2v) is 8.61. The fraction of sp³-hybridized carbons (Fsp3) is 0.579. The van der Waals surface area contributed by atoms with Gasteiger partial charge in [0.1, 0.15) is 5.54 Å². The van der Waals surface area contributed by atoms with E-state index in [2.05, 4.69) is 10.0 Å². The van der Waals surface area contributed by atoms with Gasteiger partial charge in [0.25, 0.3) is 0 Å². The van der Waals surface area contributed by atoms with Gasteiger partial charge in [-0.25, -0.2) is 17.9 Å². The van der Waals surface area contributed by atoms with Gasteiger partial charge in [0, 0.05) is 19.0 Å². The highest BCUT2D eigenvalue weighted by Crippen LogP contribution is 2.30. The Morgan fingerprint density at radius 3 is 2.28 bits per heavy atom. The normalized spacial score (nSPS) is 16.0. The molecule has 162 valence electrons. The van der Waals surface area contributed by atoms with Crippen molar-refractivity contribution >= 4 is 21.9 Å². The van der Waals surface area contributed by atoms with E-state index in [1.807, 2.05) is 0 Å². The molecule has 1 fully saturated rings. The number of methoxy groups -OCH3 is 3. The number of ether oxygens (including phenoxy) is 3. The molecule has 0 spiro atoms. The fourth-order valence-corrected chi connectivity index (χ4v) is 4.47. The zero-order valence-electron chi connectivity index (χ0n) is 16.9. The molecular weight excluding hydrogens is 400 g/mol. The number of hydrogen-bond acceptors (Lipinski definition) is 7. The number of carbonyl (C=O) groups excluding carboxylic acids is 2. The van der Waals surface area contributed by atoms with Crippen LogP contribution in [0.15, 0.2) is 23.1 Å². The van der Waals surface area contributed by atoms with Gasteiger partial charge in [0.05, 0.1) is 26.2 Å². The van der Waals surface area contributed by atoms with E-state index in [1.54, 1.807) is 0 Å². The number of nitrogens with one attached hydrogen (secondary N) is 2. The topological polar surface area (TPSA) is 120 Å². The molecule has 1 amide bonds. The first-order valence-electron chi connectivity index (χ1n) is 9.39. The number of sulfonamides is 1. The molecule has 0 aliphatic heterocycles. The second-order valence-electron chi connectivity index (χ2n) is 6.85. The maximum absolute atomic E-state index is 12.5. The van der Waals surface area contributed by atoms with E-state index in [1.165, 1.54) is 39.5 Å². The van der Waals surface area contributed by atoms with Gasteiger partial charge in [-0.1, -0.05) is 19.3 Å². The Labute approximate surface area is 171 Å². The molecule has 2 rings (SSSR count). The van der Waals surface area contributed by atoms with E-state index in [0.717, 1.165) is 19.3 Å². The molecule has 0 radical (unpaired) electrons. The number of carbonyl (C=O) groups is 2. The van der Waals surface area contributed by atoms with Crippen LogP contribution in [0.1, 0.15) is 38.5 Å². The zero-order valence-corrected chi connectivity index (χ0v) is 17.8. The first kappa shape index (κ1) is 23.0. The molecule has 1 aliphatic rings. The van der Waals surface area contributed by atoms with Gasteiger partial charge in [-0.3, -0.25) is 4.79 Å². The van der Waals surface area contributed by atoms with Crippen LogP contribution in [0.4, 0.5) is 0 Å². The first-order chi connectivity index (χ1) is 13.8. The lowest BCUT2D eigenvalue weighted by Crippen LogP contribution is -2.56. The van der Waals surface area contributed by atoms with E-state index >= 15 is 0 Å². The Morgan fingerprint density at radius 1 is 1.03 bits per heavy atom. The SMILES string of the molecule is COC(=O)C1(NC(=O)CCNS(=O)(=O)c2ccc(OC)c(OC)c2)CCCCC1. The van der Waals surface area contributed by atoms with Crippen molar-refractivity contribution in [3.8, 4) is 11.5 Å². The van der Waals surface area contributed by atoms with Crippen molar-refractivity contribution in [3.63, 3.8) is 0 Å². The van der Waals surface area contributed by atoms with Gasteiger partial charge >= 0.3 is 5.97 Å². The maximum Gasteiger partial charge on any atom is 0.331 e. The fourth-order valence-electron chi connectivity index (χ4n) is 3.43. The molecular formula is C19H28N2O7S. The van der Waals surface area contributed by atoms with Gasteiger partial charge in [-0.05, 0) is 25.0 Å². The van der Waals surface area contributed by atoms with Crippen molar-refractivity contribution in [2.24, 2.45) is 0 Å². The Kier molecular flexibility index (Phi) is 7.86. The number of hydrogen-bond donors (Lipinski definition) is 2. The van der Waals surface area contributed by atoms with Gasteiger partial charge in [-0.15, -0.1) is 0 Å². The predicted octanol–water partition coefficient (Wildman–Crippen LogP) is 1.36. The highest BCUT2D eigenvalue weighted by Gasteiger charge is 2.41. The third-order valence-electron chi connectivity index (χ3n) is 4.97. The average molecular weight is 429 g/mol. The Bertz CT molecular complexity index is 833. The molecule has 0 unspecified atom stereocenters. The summed E-state index contributed by atoms with van der Waals surface area (Å²) in [5.41, 5.74) is -1.02. The molecule has 0 bridgehead atoms. The Hall–Kier alpha value is -2.33. The van der Waals surface area contributed by atoms with Crippen molar-refractivity contribution in [3.05, 3.63) is 18.2 Å². The maximum atomic E-state index is 12.5. The molecule has 1 aromatic rings. The molecule has 0 saturated heterocycles. The number of amides is 1. The molecule has 1 saturated carbocycles. The lowest BCUT2D eigenvalue weighted by atomic mass is 9.81. The third-order valence-corrected chi connectivity index (χ3v) is 6.43. The molecule has 0 heterocycles. The second kappa shape index (κ2) is 9.93. The molecule has 10 heteroatoms. The summed E-state index contributed by atoms with van der Waals surface area (Å²) in [4.78, 5) is 24.5. The standard InChI is InChI=1S/C19H28N2O7S/c1-26-15-8-7-14(13-16(15)27-2)29(24,25)20-12-9-17(22)21-19(18(23)28-3)10-5-4-6-11-19/h7-8,13,20H,4-6,9-12H2,1-3H3,(H,21,22). The quantitative estimate of drug-likeness (QED) is 0.570. The van der Waals surface area contributed by atoms with E-state index in [4.69, 9.17) is 14.2 Å². The van der Waals surface area contributed by atoms with E-state index < -0.39 is 27.4 Å². The van der Waals surface area contributed by atoms with Crippen molar-refractivity contribution in [1.82, 2.24) is 10.0 Å². The van der Waals surface area contributed by atoms with Crippen LogP contribution >= 0.6 is 0 Å². The summed E-state index contributed by atoms with van der Waals surface area (Å²) in [6.07, 6.45) is 3.57. The van der Waals surface area contributed by atoms with Crippen LogP contribution in [-0.4, -0.2) is 53.7 Å². The molecule has 1 aromatic carbocycles. The van der Waals surface area contributed by atoms with Crippen LogP contribution in [0.25, 0.3) is 0 Å². The van der Waals surface area contributed by atoms with Crippen LogP contribution in [-0.2, 0) is 24.3 Å². The number of esters is 1. The first-order valence-corrected chi connectivity index (χ1v) is 10.9. The van der Waals surface area contributed by atoms with Crippen LogP contribution < -0.4 is 19.5 Å². The van der Waals surface area contributed by atoms with Crippen molar-refractivity contribution in [2.45, 2.75) is 49.0 Å². The van der Waals surface area contributed by atoms with Gasteiger partial charge in [-0.2, -0.15) is 0 Å². The Balaban J connectivity index is 1.97.